The number of hydrogen-bond acceptors (Lipinski definition) is 2. The van der Waals surface area contributed by atoms with Crippen molar-refractivity contribution in [3.8, 4) is 0 Å². The van der Waals surface area contributed by atoms with E-state index in [2.05, 4.69) is 30.7 Å². The Bertz CT molecular complexity index is 315. The minimum absolute atomic E-state index is 0.401. The van der Waals surface area contributed by atoms with E-state index < -0.39 is 5.95 Å². The molecule has 90 valence electrons. The first-order valence-corrected chi connectivity index (χ1v) is 6.07. The number of nitrogens with zero attached hydrogens (tertiary/aromatic N) is 2. The van der Waals surface area contributed by atoms with Gasteiger partial charge < -0.3 is 4.90 Å². The van der Waals surface area contributed by atoms with E-state index in [1.165, 1.54) is 12.3 Å². The molecule has 0 fully saturated rings. The van der Waals surface area contributed by atoms with Crippen molar-refractivity contribution in [1.82, 2.24) is 4.98 Å². The molecule has 1 rings (SSSR count). The second kappa shape index (κ2) is 6.46. The van der Waals surface area contributed by atoms with E-state index in [0.717, 1.165) is 31.5 Å². The average Bonchev–Trinajstić information content (AvgIpc) is 2.29. The summed E-state index contributed by atoms with van der Waals surface area (Å²) in [5.74, 6) is -0.401. The monoisotopic (exact) mass is 224 g/mol. The van der Waals surface area contributed by atoms with Crippen LogP contribution < -0.4 is 4.90 Å². The van der Waals surface area contributed by atoms with Gasteiger partial charge >= 0.3 is 0 Å². The van der Waals surface area contributed by atoms with Crippen LogP contribution in [0.5, 0.6) is 0 Å². The van der Waals surface area contributed by atoms with Crippen molar-refractivity contribution in [2.75, 3.05) is 11.4 Å². The normalized spacial score (nSPS) is 12.5. The Balaban J connectivity index is 2.82. The summed E-state index contributed by atoms with van der Waals surface area (Å²) >= 11 is 0. The number of pyridine rings is 1. The average molecular weight is 224 g/mol. The van der Waals surface area contributed by atoms with Crippen LogP contribution in [0.3, 0.4) is 0 Å². The largest absolute Gasteiger partial charge is 0.369 e. The van der Waals surface area contributed by atoms with Crippen LogP contribution in [0.25, 0.3) is 0 Å². The molecule has 1 unspecified atom stereocenters. The molecule has 2 nitrogen and oxygen atoms in total. The Morgan fingerprint density at radius 2 is 2.19 bits per heavy atom. The van der Waals surface area contributed by atoms with E-state index >= 15 is 0 Å². The van der Waals surface area contributed by atoms with Crippen LogP contribution in [0, 0.1) is 5.95 Å². The number of anilines is 1. The fraction of sp³-hybridized carbons (Fsp3) is 0.615. The third kappa shape index (κ3) is 3.47. The SMILES string of the molecule is CCCCN(c1ccnc(F)c1)C(C)CC. The van der Waals surface area contributed by atoms with Gasteiger partial charge in [0.15, 0.2) is 0 Å². The second-order valence-corrected chi connectivity index (χ2v) is 4.14. The van der Waals surface area contributed by atoms with E-state index in [4.69, 9.17) is 0 Å². The molecule has 0 bridgehead atoms. The summed E-state index contributed by atoms with van der Waals surface area (Å²) in [6, 6.07) is 3.83. The van der Waals surface area contributed by atoms with E-state index in [0.29, 0.717) is 6.04 Å². The Morgan fingerprint density at radius 1 is 1.44 bits per heavy atom. The molecule has 0 aliphatic carbocycles. The summed E-state index contributed by atoms with van der Waals surface area (Å²) in [5, 5.41) is 0. The molecule has 1 atom stereocenters. The Kier molecular flexibility index (Phi) is 5.23. The van der Waals surface area contributed by atoms with Crippen LogP contribution in [0.4, 0.5) is 10.1 Å². The molecule has 1 heterocycles. The van der Waals surface area contributed by atoms with Gasteiger partial charge in [0, 0.05) is 30.5 Å². The number of hydrogen-bond donors (Lipinski definition) is 0. The van der Waals surface area contributed by atoms with Gasteiger partial charge in [-0.25, -0.2) is 4.98 Å². The molecule has 1 aromatic heterocycles. The van der Waals surface area contributed by atoms with E-state index in [1.54, 1.807) is 0 Å². The molecule has 0 aliphatic rings. The molecule has 0 spiro atoms. The Labute approximate surface area is 97.5 Å². The van der Waals surface area contributed by atoms with Crippen LogP contribution in [-0.4, -0.2) is 17.6 Å². The lowest BCUT2D eigenvalue weighted by Gasteiger charge is -2.30. The van der Waals surface area contributed by atoms with Gasteiger partial charge in [-0.3, -0.25) is 0 Å². The van der Waals surface area contributed by atoms with Crippen molar-refractivity contribution in [3.63, 3.8) is 0 Å². The van der Waals surface area contributed by atoms with Crippen LogP contribution in [-0.2, 0) is 0 Å². The van der Waals surface area contributed by atoms with Crippen LogP contribution in [0.1, 0.15) is 40.0 Å². The first-order valence-electron chi connectivity index (χ1n) is 6.07. The first-order chi connectivity index (χ1) is 7.69. The Hall–Kier alpha value is -1.12. The lowest BCUT2D eigenvalue weighted by atomic mass is 10.1. The summed E-state index contributed by atoms with van der Waals surface area (Å²) in [5.41, 5.74) is 0.940. The molecular formula is C13H21FN2. The second-order valence-electron chi connectivity index (χ2n) is 4.14. The summed E-state index contributed by atoms with van der Waals surface area (Å²) in [6.45, 7) is 7.48. The van der Waals surface area contributed by atoms with Crippen molar-refractivity contribution >= 4 is 5.69 Å². The molecule has 0 N–H and O–H groups in total. The fourth-order valence-electron chi connectivity index (χ4n) is 1.72. The number of unbranched alkanes of at least 4 members (excludes halogenated alkanes) is 1. The van der Waals surface area contributed by atoms with Crippen LogP contribution in [0.15, 0.2) is 18.3 Å². The van der Waals surface area contributed by atoms with Crippen molar-refractivity contribution < 1.29 is 4.39 Å². The summed E-state index contributed by atoms with van der Waals surface area (Å²) in [4.78, 5) is 5.85. The molecule has 0 amide bonds. The van der Waals surface area contributed by atoms with Gasteiger partial charge in [-0.2, -0.15) is 4.39 Å². The predicted molar refractivity (Wildman–Crippen MR) is 66.2 cm³/mol. The maximum Gasteiger partial charge on any atom is 0.214 e. The maximum atomic E-state index is 13.1. The highest BCUT2D eigenvalue weighted by molar-refractivity contribution is 5.45. The molecule has 1 aromatic rings. The van der Waals surface area contributed by atoms with Gasteiger partial charge in [0.05, 0.1) is 0 Å². The van der Waals surface area contributed by atoms with Crippen LogP contribution in [0.2, 0.25) is 0 Å². The smallest absolute Gasteiger partial charge is 0.214 e. The quantitative estimate of drug-likeness (QED) is 0.686. The third-order valence-electron chi connectivity index (χ3n) is 2.92. The third-order valence-corrected chi connectivity index (χ3v) is 2.92. The van der Waals surface area contributed by atoms with Crippen LogP contribution >= 0.6 is 0 Å². The first kappa shape index (κ1) is 12.9. The van der Waals surface area contributed by atoms with Crippen molar-refractivity contribution in [2.24, 2.45) is 0 Å². The standard InChI is InChI=1S/C13H21FN2/c1-4-6-9-16(11(3)5-2)12-7-8-15-13(14)10-12/h7-8,10-11H,4-6,9H2,1-3H3. The molecule has 0 radical (unpaired) electrons. The van der Waals surface area contributed by atoms with E-state index in [1.807, 2.05) is 6.07 Å². The van der Waals surface area contributed by atoms with Crippen molar-refractivity contribution in [2.45, 2.75) is 46.1 Å². The summed E-state index contributed by atoms with van der Waals surface area (Å²) in [7, 11) is 0. The highest BCUT2D eigenvalue weighted by Crippen LogP contribution is 2.19. The molecule has 0 saturated heterocycles. The lowest BCUT2D eigenvalue weighted by Crippen LogP contribution is -2.33. The molecular weight excluding hydrogens is 203 g/mol. The fourth-order valence-corrected chi connectivity index (χ4v) is 1.72. The van der Waals surface area contributed by atoms with Crippen molar-refractivity contribution in [1.29, 1.82) is 0 Å². The number of aromatic nitrogens is 1. The van der Waals surface area contributed by atoms with E-state index in [9.17, 15) is 4.39 Å². The highest BCUT2D eigenvalue weighted by Gasteiger charge is 2.12. The maximum absolute atomic E-state index is 13.1. The van der Waals surface area contributed by atoms with Gasteiger partial charge in [0.2, 0.25) is 5.95 Å². The highest BCUT2D eigenvalue weighted by atomic mass is 19.1. The predicted octanol–water partition coefficient (Wildman–Crippen LogP) is 3.63. The molecule has 0 aromatic carbocycles. The molecule has 16 heavy (non-hydrogen) atoms. The number of halogens is 1. The van der Waals surface area contributed by atoms with Gasteiger partial charge in [0.1, 0.15) is 0 Å². The van der Waals surface area contributed by atoms with Gasteiger partial charge in [-0.15, -0.1) is 0 Å². The van der Waals surface area contributed by atoms with Gasteiger partial charge in [-0.05, 0) is 25.8 Å². The zero-order chi connectivity index (χ0) is 12.0. The van der Waals surface area contributed by atoms with E-state index in [-0.39, 0.29) is 0 Å². The van der Waals surface area contributed by atoms with Gasteiger partial charge in [0.25, 0.3) is 0 Å². The van der Waals surface area contributed by atoms with Gasteiger partial charge in [-0.1, -0.05) is 20.3 Å². The summed E-state index contributed by atoms with van der Waals surface area (Å²) < 4.78 is 13.1. The molecule has 0 aliphatic heterocycles. The zero-order valence-corrected chi connectivity index (χ0v) is 10.4. The minimum atomic E-state index is -0.401. The topological polar surface area (TPSA) is 16.1 Å². The minimum Gasteiger partial charge on any atom is -0.369 e. The Morgan fingerprint density at radius 3 is 2.75 bits per heavy atom. The lowest BCUT2D eigenvalue weighted by molar-refractivity contribution is 0.571. The summed E-state index contributed by atoms with van der Waals surface area (Å²) in [6.07, 6.45) is 4.88. The molecule has 0 saturated carbocycles. The zero-order valence-electron chi connectivity index (χ0n) is 10.4. The number of rotatable bonds is 6. The van der Waals surface area contributed by atoms with Crippen molar-refractivity contribution in [3.05, 3.63) is 24.3 Å². The molecule has 3 heteroatoms.